The molecule has 0 spiro atoms. The summed E-state index contributed by atoms with van der Waals surface area (Å²) in [6, 6.07) is 14.1. The monoisotopic (exact) mass is 438 g/mol. The van der Waals surface area contributed by atoms with Gasteiger partial charge in [-0.25, -0.2) is 0 Å². The Hall–Kier alpha value is -4.49. The van der Waals surface area contributed by atoms with Gasteiger partial charge >= 0.3 is 0 Å². The maximum Gasteiger partial charge on any atom is 0.280 e. The summed E-state index contributed by atoms with van der Waals surface area (Å²) in [5, 5.41) is 33.6. The number of nitriles is 1. The molecule has 1 heterocycles. The van der Waals surface area contributed by atoms with Crippen molar-refractivity contribution in [3.8, 4) is 17.4 Å². The van der Waals surface area contributed by atoms with Gasteiger partial charge in [-0.1, -0.05) is 23.7 Å². The molecule has 1 amide bonds. The number of amides is 1. The van der Waals surface area contributed by atoms with Crippen LogP contribution in [0.25, 0.3) is 17.4 Å². The third-order valence-electron chi connectivity index (χ3n) is 4.06. The Morgan fingerprint density at radius 1 is 1.10 bits per heavy atom. The van der Waals surface area contributed by atoms with E-state index in [0.717, 1.165) is 18.2 Å². The number of nitro benzene ring substituents is 2. The van der Waals surface area contributed by atoms with Crippen LogP contribution in [0.15, 0.2) is 64.6 Å². The first-order valence-corrected chi connectivity index (χ1v) is 8.88. The number of anilines is 1. The fraction of sp³-hybridized carbons (Fsp3) is 0. The Morgan fingerprint density at radius 2 is 1.84 bits per heavy atom. The highest BCUT2D eigenvalue weighted by atomic mass is 35.5. The van der Waals surface area contributed by atoms with Crippen molar-refractivity contribution in [2.45, 2.75) is 0 Å². The van der Waals surface area contributed by atoms with E-state index in [9.17, 15) is 30.3 Å². The van der Waals surface area contributed by atoms with Gasteiger partial charge in [-0.3, -0.25) is 25.0 Å². The molecule has 0 aliphatic heterocycles. The zero-order valence-electron chi connectivity index (χ0n) is 15.4. The number of hydrogen-bond donors (Lipinski definition) is 1. The van der Waals surface area contributed by atoms with Crippen molar-refractivity contribution in [3.63, 3.8) is 0 Å². The lowest BCUT2D eigenvalue weighted by Gasteiger charge is -2.06. The quantitative estimate of drug-likeness (QED) is 0.247. The van der Waals surface area contributed by atoms with E-state index >= 15 is 0 Å². The summed E-state index contributed by atoms with van der Waals surface area (Å²) in [6.07, 6.45) is 1.16. The minimum atomic E-state index is -0.818. The number of hydrogen-bond acceptors (Lipinski definition) is 7. The molecule has 0 unspecified atom stereocenters. The van der Waals surface area contributed by atoms with Crippen LogP contribution in [0.4, 0.5) is 17.1 Å². The molecule has 0 aliphatic carbocycles. The van der Waals surface area contributed by atoms with E-state index in [-0.39, 0.29) is 44.7 Å². The SMILES string of the molecule is N#C/C(=C\c1ccc(-c2ccccc2[N+](=O)[O-])o1)C(=O)Nc1ccc([N+](=O)[O-])cc1Cl. The summed E-state index contributed by atoms with van der Waals surface area (Å²) in [5.41, 5.74) is -0.417. The van der Waals surface area contributed by atoms with Crippen LogP contribution in [0.1, 0.15) is 5.76 Å². The van der Waals surface area contributed by atoms with Crippen LogP contribution in [0.2, 0.25) is 5.02 Å². The second-order valence-corrected chi connectivity index (χ2v) is 6.43. The van der Waals surface area contributed by atoms with Crippen molar-refractivity contribution in [1.82, 2.24) is 0 Å². The molecule has 10 nitrogen and oxygen atoms in total. The predicted octanol–water partition coefficient (Wildman–Crippen LogP) is 4.96. The number of non-ortho nitro benzene ring substituents is 1. The van der Waals surface area contributed by atoms with Crippen molar-refractivity contribution in [1.29, 1.82) is 5.26 Å². The topological polar surface area (TPSA) is 152 Å². The van der Waals surface area contributed by atoms with Gasteiger partial charge in [0.15, 0.2) is 0 Å². The van der Waals surface area contributed by atoms with Crippen molar-refractivity contribution in [2.75, 3.05) is 5.32 Å². The number of halogens is 1. The molecular formula is C20H11ClN4O6. The minimum absolute atomic E-state index is 0.0727. The van der Waals surface area contributed by atoms with Gasteiger partial charge in [-0.2, -0.15) is 5.26 Å². The lowest BCUT2D eigenvalue weighted by atomic mass is 10.1. The van der Waals surface area contributed by atoms with Crippen LogP contribution in [-0.4, -0.2) is 15.8 Å². The number of carbonyl (C=O) groups is 1. The number of carbonyl (C=O) groups excluding carboxylic acids is 1. The second kappa shape index (κ2) is 8.89. The molecule has 11 heteroatoms. The third-order valence-corrected chi connectivity index (χ3v) is 4.37. The van der Waals surface area contributed by atoms with Crippen molar-refractivity contribution >= 4 is 40.6 Å². The molecule has 0 atom stereocenters. The zero-order valence-corrected chi connectivity index (χ0v) is 16.2. The molecule has 0 saturated carbocycles. The Balaban J connectivity index is 1.85. The van der Waals surface area contributed by atoms with Crippen LogP contribution in [-0.2, 0) is 4.79 Å². The third kappa shape index (κ3) is 4.75. The van der Waals surface area contributed by atoms with Gasteiger partial charge in [0.1, 0.15) is 23.2 Å². The van der Waals surface area contributed by atoms with Gasteiger partial charge < -0.3 is 9.73 Å². The first-order chi connectivity index (χ1) is 14.8. The maximum absolute atomic E-state index is 12.4. The molecule has 154 valence electrons. The van der Waals surface area contributed by atoms with E-state index in [1.165, 1.54) is 36.4 Å². The van der Waals surface area contributed by atoms with Gasteiger partial charge in [0.25, 0.3) is 17.3 Å². The second-order valence-electron chi connectivity index (χ2n) is 6.02. The molecule has 3 rings (SSSR count). The largest absolute Gasteiger partial charge is 0.456 e. The lowest BCUT2D eigenvalue weighted by molar-refractivity contribution is -0.384. The molecule has 0 fully saturated rings. The molecule has 31 heavy (non-hydrogen) atoms. The first kappa shape index (κ1) is 21.2. The first-order valence-electron chi connectivity index (χ1n) is 8.51. The van der Waals surface area contributed by atoms with Crippen LogP contribution < -0.4 is 5.32 Å². The maximum atomic E-state index is 12.4. The fourth-order valence-corrected chi connectivity index (χ4v) is 2.84. The standard InChI is InChI=1S/C20H11ClN4O6/c21-16-10-13(24(27)28)5-7-17(16)23-20(26)12(11-22)9-14-6-8-19(31-14)15-3-1-2-4-18(15)25(29)30/h1-10H,(H,23,26)/b12-9+. The van der Waals surface area contributed by atoms with E-state index in [4.69, 9.17) is 16.0 Å². The van der Waals surface area contributed by atoms with Crippen LogP contribution >= 0.6 is 11.6 Å². The van der Waals surface area contributed by atoms with Gasteiger partial charge in [0.2, 0.25) is 0 Å². The van der Waals surface area contributed by atoms with Gasteiger partial charge in [0, 0.05) is 24.3 Å². The Kier molecular flexibility index (Phi) is 6.09. The summed E-state index contributed by atoms with van der Waals surface area (Å²) >= 11 is 5.94. The highest BCUT2D eigenvalue weighted by molar-refractivity contribution is 6.34. The van der Waals surface area contributed by atoms with Crippen LogP contribution in [0.5, 0.6) is 0 Å². The van der Waals surface area contributed by atoms with E-state index in [1.54, 1.807) is 12.1 Å². The van der Waals surface area contributed by atoms with E-state index in [2.05, 4.69) is 5.32 Å². The number of rotatable bonds is 6. The molecular weight excluding hydrogens is 428 g/mol. The van der Waals surface area contributed by atoms with E-state index in [0.29, 0.717) is 0 Å². The highest BCUT2D eigenvalue weighted by Gasteiger charge is 2.18. The highest BCUT2D eigenvalue weighted by Crippen LogP contribution is 2.31. The van der Waals surface area contributed by atoms with Gasteiger partial charge in [-0.15, -0.1) is 0 Å². The summed E-state index contributed by atoms with van der Waals surface area (Å²) in [6.45, 7) is 0. The van der Waals surface area contributed by atoms with Crippen LogP contribution in [0, 0.1) is 31.6 Å². The minimum Gasteiger partial charge on any atom is -0.456 e. The molecule has 2 aromatic carbocycles. The molecule has 0 saturated heterocycles. The van der Waals surface area contributed by atoms with Gasteiger partial charge in [-0.05, 0) is 24.3 Å². The van der Waals surface area contributed by atoms with Crippen molar-refractivity contribution in [3.05, 3.63) is 91.2 Å². The summed E-state index contributed by atoms with van der Waals surface area (Å²) in [4.78, 5) is 33.2. The van der Waals surface area contributed by atoms with E-state index in [1.807, 2.05) is 0 Å². The molecule has 1 aromatic heterocycles. The van der Waals surface area contributed by atoms with Crippen LogP contribution in [0.3, 0.4) is 0 Å². The zero-order chi connectivity index (χ0) is 22.5. The predicted molar refractivity (Wildman–Crippen MR) is 111 cm³/mol. The lowest BCUT2D eigenvalue weighted by Crippen LogP contribution is -2.13. The van der Waals surface area contributed by atoms with E-state index < -0.39 is 15.8 Å². The molecule has 0 bridgehead atoms. The number of nitrogens with zero attached hydrogens (tertiary/aromatic N) is 3. The van der Waals surface area contributed by atoms with Gasteiger partial charge in [0.05, 0.1) is 26.1 Å². The summed E-state index contributed by atoms with van der Waals surface area (Å²) in [7, 11) is 0. The average molecular weight is 439 g/mol. The number of nitro groups is 2. The molecule has 0 aliphatic rings. The Bertz CT molecular complexity index is 1270. The van der Waals surface area contributed by atoms with Crippen molar-refractivity contribution in [2.24, 2.45) is 0 Å². The smallest absolute Gasteiger partial charge is 0.280 e. The average Bonchev–Trinajstić information content (AvgIpc) is 3.21. The summed E-state index contributed by atoms with van der Waals surface area (Å²) < 4.78 is 5.55. The Labute approximate surface area is 179 Å². The fourth-order valence-electron chi connectivity index (χ4n) is 2.62. The van der Waals surface area contributed by atoms with Crippen molar-refractivity contribution < 1.29 is 19.1 Å². The summed E-state index contributed by atoms with van der Waals surface area (Å²) in [5.74, 6) is -0.508. The molecule has 3 aromatic rings. The number of furan rings is 1. The number of benzene rings is 2. The Morgan fingerprint density at radius 3 is 2.48 bits per heavy atom. The molecule has 1 N–H and O–H groups in total. The number of para-hydroxylation sites is 1. The molecule has 0 radical (unpaired) electrons. The normalized spacial score (nSPS) is 10.9. The number of nitrogens with one attached hydrogen (secondary N) is 1.